The molecule has 1 N–H and O–H groups in total. The van der Waals surface area contributed by atoms with E-state index in [1.807, 2.05) is 0 Å². The SMILES string of the molecule is CCC1(C2CNC(=O)C2)COC1. The predicted molar refractivity (Wildman–Crippen MR) is 44.7 cm³/mol. The van der Waals surface area contributed by atoms with E-state index in [0.717, 1.165) is 26.2 Å². The van der Waals surface area contributed by atoms with E-state index in [4.69, 9.17) is 4.74 Å². The molecule has 2 aliphatic rings. The fourth-order valence-electron chi connectivity index (χ4n) is 2.13. The van der Waals surface area contributed by atoms with Gasteiger partial charge in [-0.25, -0.2) is 0 Å². The Labute approximate surface area is 72.5 Å². The molecule has 2 rings (SSSR count). The average molecular weight is 169 g/mol. The molecule has 0 aliphatic carbocycles. The third kappa shape index (κ3) is 1.04. The van der Waals surface area contributed by atoms with E-state index in [9.17, 15) is 4.79 Å². The molecule has 0 saturated carbocycles. The van der Waals surface area contributed by atoms with Gasteiger partial charge < -0.3 is 10.1 Å². The molecule has 2 saturated heterocycles. The normalized spacial score (nSPS) is 32.8. The molecule has 0 aromatic rings. The van der Waals surface area contributed by atoms with Crippen molar-refractivity contribution in [3.8, 4) is 0 Å². The lowest BCUT2D eigenvalue weighted by molar-refractivity contribution is -0.145. The van der Waals surface area contributed by atoms with Crippen molar-refractivity contribution in [2.24, 2.45) is 11.3 Å². The van der Waals surface area contributed by atoms with E-state index in [1.54, 1.807) is 0 Å². The highest BCUT2D eigenvalue weighted by molar-refractivity contribution is 5.78. The number of carbonyl (C=O) groups excluding carboxylic acids is 1. The zero-order valence-electron chi connectivity index (χ0n) is 7.43. The van der Waals surface area contributed by atoms with Crippen LogP contribution < -0.4 is 5.32 Å². The van der Waals surface area contributed by atoms with Gasteiger partial charge in [-0.3, -0.25) is 4.79 Å². The van der Waals surface area contributed by atoms with Crippen molar-refractivity contribution in [3.05, 3.63) is 0 Å². The monoisotopic (exact) mass is 169 g/mol. The van der Waals surface area contributed by atoms with Crippen LogP contribution in [0.5, 0.6) is 0 Å². The third-order valence-corrected chi connectivity index (χ3v) is 3.33. The Kier molecular flexibility index (Phi) is 1.83. The van der Waals surface area contributed by atoms with Crippen LogP contribution in [0.25, 0.3) is 0 Å². The first-order chi connectivity index (χ1) is 5.77. The van der Waals surface area contributed by atoms with Crippen molar-refractivity contribution in [2.75, 3.05) is 19.8 Å². The lowest BCUT2D eigenvalue weighted by atomic mass is 9.71. The van der Waals surface area contributed by atoms with E-state index in [1.165, 1.54) is 0 Å². The predicted octanol–water partition coefficient (Wildman–Crippen LogP) is 0.549. The first-order valence-corrected chi connectivity index (χ1v) is 4.61. The van der Waals surface area contributed by atoms with Gasteiger partial charge in [0.2, 0.25) is 5.91 Å². The van der Waals surface area contributed by atoms with Crippen molar-refractivity contribution in [1.29, 1.82) is 0 Å². The summed E-state index contributed by atoms with van der Waals surface area (Å²) in [6.45, 7) is 4.74. The van der Waals surface area contributed by atoms with Gasteiger partial charge in [0.05, 0.1) is 13.2 Å². The van der Waals surface area contributed by atoms with E-state index in [2.05, 4.69) is 12.2 Å². The van der Waals surface area contributed by atoms with Crippen LogP contribution in [0, 0.1) is 11.3 Å². The Morgan fingerprint density at radius 1 is 1.67 bits per heavy atom. The molecule has 0 radical (unpaired) electrons. The van der Waals surface area contributed by atoms with Crippen molar-refractivity contribution in [1.82, 2.24) is 5.32 Å². The maximum atomic E-state index is 11.0. The van der Waals surface area contributed by atoms with Gasteiger partial charge in [0.15, 0.2) is 0 Å². The number of hydrogen-bond acceptors (Lipinski definition) is 2. The molecule has 0 aromatic heterocycles. The smallest absolute Gasteiger partial charge is 0.220 e. The summed E-state index contributed by atoms with van der Waals surface area (Å²) < 4.78 is 5.24. The minimum absolute atomic E-state index is 0.208. The number of ether oxygens (including phenoxy) is 1. The second-order valence-electron chi connectivity index (χ2n) is 3.91. The summed E-state index contributed by atoms with van der Waals surface area (Å²) in [5, 5.41) is 2.88. The van der Waals surface area contributed by atoms with E-state index in [-0.39, 0.29) is 5.91 Å². The highest BCUT2D eigenvalue weighted by atomic mass is 16.5. The Morgan fingerprint density at radius 3 is 2.75 bits per heavy atom. The van der Waals surface area contributed by atoms with E-state index in [0.29, 0.717) is 17.8 Å². The molecular weight excluding hydrogens is 154 g/mol. The second-order valence-corrected chi connectivity index (χ2v) is 3.91. The summed E-state index contributed by atoms with van der Waals surface area (Å²) in [5.74, 6) is 0.725. The minimum atomic E-state index is 0.208. The molecule has 68 valence electrons. The van der Waals surface area contributed by atoms with Crippen LogP contribution in [-0.4, -0.2) is 25.7 Å². The highest BCUT2D eigenvalue weighted by Crippen LogP contribution is 2.41. The van der Waals surface area contributed by atoms with Crippen molar-refractivity contribution < 1.29 is 9.53 Å². The van der Waals surface area contributed by atoms with Gasteiger partial charge in [0.25, 0.3) is 0 Å². The molecular formula is C9H15NO2. The number of amides is 1. The van der Waals surface area contributed by atoms with Gasteiger partial charge in [0, 0.05) is 18.4 Å². The molecule has 1 amide bonds. The molecule has 3 heteroatoms. The quantitative estimate of drug-likeness (QED) is 0.655. The molecule has 0 bridgehead atoms. The van der Waals surface area contributed by atoms with Gasteiger partial charge >= 0.3 is 0 Å². The van der Waals surface area contributed by atoms with Crippen LogP contribution in [0.1, 0.15) is 19.8 Å². The highest BCUT2D eigenvalue weighted by Gasteiger charge is 2.46. The molecule has 2 fully saturated rings. The minimum Gasteiger partial charge on any atom is -0.380 e. The van der Waals surface area contributed by atoms with Crippen molar-refractivity contribution in [2.45, 2.75) is 19.8 Å². The Bertz CT molecular complexity index is 193. The Hall–Kier alpha value is -0.570. The van der Waals surface area contributed by atoms with Crippen molar-refractivity contribution >= 4 is 5.91 Å². The topological polar surface area (TPSA) is 38.3 Å². The number of nitrogens with one attached hydrogen (secondary N) is 1. The molecule has 2 heterocycles. The van der Waals surface area contributed by atoms with E-state index < -0.39 is 0 Å². The van der Waals surface area contributed by atoms with Gasteiger partial charge in [0.1, 0.15) is 0 Å². The number of hydrogen-bond donors (Lipinski definition) is 1. The van der Waals surface area contributed by atoms with Gasteiger partial charge in [-0.05, 0) is 12.3 Å². The zero-order chi connectivity index (χ0) is 8.60. The maximum absolute atomic E-state index is 11.0. The average Bonchev–Trinajstić information content (AvgIpc) is 2.35. The largest absolute Gasteiger partial charge is 0.380 e. The summed E-state index contributed by atoms with van der Waals surface area (Å²) in [6, 6.07) is 0. The van der Waals surface area contributed by atoms with Crippen LogP contribution in [0.2, 0.25) is 0 Å². The lowest BCUT2D eigenvalue weighted by Gasteiger charge is -2.45. The molecule has 12 heavy (non-hydrogen) atoms. The molecule has 1 unspecified atom stereocenters. The zero-order valence-corrected chi connectivity index (χ0v) is 7.43. The lowest BCUT2D eigenvalue weighted by Crippen LogP contribution is -2.48. The van der Waals surface area contributed by atoms with Gasteiger partial charge in [-0.2, -0.15) is 0 Å². The Morgan fingerprint density at radius 2 is 2.42 bits per heavy atom. The summed E-state index contributed by atoms with van der Waals surface area (Å²) >= 11 is 0. The van der Waals surface area contributed by atoms with Gasteiger partial charge in [-0.1, -0.05) is 6.92 Å². The summed E-state index contributed by atoms with van der Waals surface area (Å²) in [4.78, 5) is 11.0. The van der Waals surface area contributed by atoms with Crippen molar-refractivity contribution in [3.63, 3.8) is 0 Å². The van der Waals surface area contributed by atoms with Crippen LogP contribution >= 0.6 is 0 Å². The van der Waals surface area contributed by atoms with Gasteiger partial charge in [-0.15, -0.1) is 0 Å². The summed E-state index contributed by atoms with van der Waals surface area (Å²) in [6.07, 6.45) is 1.84. The molecule has 1 atom stereocenters. The number of rotatable bonds is 2. The fraction of sp³-hybridized carbons (Fsp3) is 0.889. The standard InChI is InChI=1S/C9H15NO2/c1-2-9(5-12-6-9)7-3-8(11)10-4-7/h7H,2-6H2,1H3,(H,10,11). The molecule has 2 aliphatic heterocycles. The van der Waals surface area contributed by atoms with E-state index >= 15 is 0 Å². The Balaban J connectivity index is 2.02. The van der Waals surface area contributed by atoms with Crippen LogP contribution in [-0.2, 0) is 9.53 Å². The molecule has 0 aromatic carbocycles. The maximum Gasteiger partial charge on any atom is 0.220 e. The third-order valence-electron chi connectivity index (χ3n) is 3.33. The second kappa shape index (κ2) is 2.73. The number of carbonyl (C=O) groups is 1. The van der Waals surface area contributed by atoms with Crippen LogP contribution in [0.4, 0.5) is 0 Å². The van der Waals surface area contributed by atoms with Crippen LogP contribution in [0.15, 0.2) is 0 Å². The fourth-order valence-corrected chi connectivity index (χ4v) is 2.13. The summed E-state index contributed by atoms with van der Waals surface area (Å²) in [7, 11) is 0. The first-order valence-electron chi connectivity index (χ1n) is 4.61. The molecule has 3 nitrogen and oxygen atoms in total. The first kappa shape index (κ1) is 8.05. The van der Waals surface area contributed by atoms with Crippen LogP contribution in [0.3, 0.4) is 0 Å². The molecule has 0 spiro atoms. The summed E-state index contributed by atoms with van der Waals surface area (Å²) in [5.41, 5.74) is 0.319.